The van der Waals surface area contributed by atoms with Crippen molar-refractivity contribution in [1.29, 1.82) is 0 Å². The maximum Gasteiger partial charge on any atom is 0.262 e. The molecular weight excluding hydrogens is 406 g/mol. The van der Waals surface area contributed by atoms with Gasteiger partial charge in [0, 0.05) is 11.3 Å². The predicted molar refractivity (Wildman–Crippen MR) is 125 cm³/mol. The first-order chi connectivity index (χ1) is 15.5. The van der Waals surface area contributed by atoms with Crippen molar-refractivity contribution < 1.29 is 18.7 Å². The van der Waals surface area contributed by atoms with Crippen LogP contribution in [0.15, 0.2) is 75.9 Å². The van der Waals surface area contributed by atoms with Crippen molar-refractivity contribution in [3.63, 3.8) is 0 Å². The molecule has 0 aliphatic rings. The van der Waals surface area contributed by atoms with E-state index in [0.29, 0.717) is 28.0 Å². The molecule has 32 heavy (non-hydrogen) atoms. The van der Waals surface area contributed by atoms with E-state index >= 15 is 0 Å². The number of ether oxygens (including phenoxy) is 2. The highest BCUT2D eigenvalue weighted by Crippen LogP contribution is 2.32. The number of methoxy groups -OCH3 is 1. The Balaban J connectivity index is 1.70. The number of benzene rings is 3. The molecule has 0 aliphatic carbocycles. The maximum absolute atomic E-state index is 13.3. The van der Waals surface area contributed by atoms with Crippen LogP contribution in [-0.4, -0.2) is 19.6 Å². The van der Waals surface area contributed by atoms with Gasteiger partial charge in [0.05, 0.1) is 12.5 Å². The molecule has 0 radical (unpaired) electrons. The van der Waals surface area contributed by atoms with Crippen molar-refractivity contribution >= 4 is 22.6 Å². The second-order valence-electron chi connectivity index (χ2n) is 7.47. The summed E-state index contributed by atoms with van der Waals surface area (Å²) in [5, 5.41) is 3.21. The molecule has 162 valence electrons. The van der Waals surface area contributed by atoms with E-state index in [2.05, 4.69) is 5.32 Å². The van der Waals surface area contributed by atoms with Gasteiger partial charge in [-0.25, -0.2) is 0 Å². The summed E-state index contributed by atoms with van der Waals surface area (Å²) in [7, 11) is 1.58. The van der Waals surface area contributed by atoms with Crippen LogP contribution in [0, 0.1) is 13.8 Å². The fourth-order valence-electron chi connectivity index (χ4n) is 3.39. The van der Waals surface area contributed by atoms with Crippen molar-refractivity contribution in [3.8, 4) is 22.8 Å². The zero-order valence-electron chi connectivity index (χ0n) is 18.1. The number of para-hydroxylation sites is 1. The van der Waals surface area contributed by atoms with Gasteiger partial charge in [-0.2, -0.15) is 0 Å². The van der Waals surface area contributed by atoms with Gasteiger partial charge in [0.15, 0.2) is 12.4 Å². The summed E-state index contributed by atoms with van der Waals surface area (Å²) in [6.07, 6.45) is 0. The van der Waals surface area contributed by atoms with Crippen molar-refractivity contribution in [2.45, 2.75) is 13.8 Å². The van der Waals surface area contributed by atoms with E-state index < -0.39 is 0 Å². The van der Waals surface area contributed by atoms with E-state index in [9.17, 15) is 9.59 Å². The van der Waals surface area contributed by atoms with Crippen LogP contribution < -0.4 is 20.2 Å². The number of aryl methyl sites for hydroxylation is 2. The summed E-state index contributed by atoms with van der Waals surface area (Å²) in [4.78, 5) is 25.8. The first-order valence-corrected chi connectivity index (χ1v) is 10.2. The molecule has 3 aromatic carbocycles. The molecule has 6 heteroatoms. The summed E-state index contributed by atoms with van der Waals surface area (Å²) < 4.78 is 17.0. The first kappa shape index (κ1) is 21.2. The zero-order chi connectivity index (χ0) is 22.7. The molecule has 0 saturated carbocycles. The Hall–Kier alpha value is -4.06. The summed E-state index contributed by atoms with van der Waals surface area (Å²) in [6, 6.07) is 19.9. The van der Waals surface area contributed by atoms with Gasteiger partial charge in [0.25, 0.3) is 5.91 Å². The number of carbonyl (C=O) groups is 1. The second kappa shape index (κ2) is 8.98. The predicted octanol–water partition coefficient (Wildman–Crippen LogP) is 5.10. The van der Waals surface area contributed by atoms with Crippen LogP contribution >= 0.6 is 0 Å². The Labute approximate surface area is 185 Å². The molecule has 0 spiro atoms. The molecule has 1 amide bonds. The fraction of sp³-hybridized carbons (Fsp3) is 0.154. The molecule has 1 N–H and O–H groups in total. The highest BCUT2D eigenvalue weighted by molar-refractivity contribution is 5.93. The van der Waals surface area contributed by atoms with Crippen LogP contribution in [0.2, 0.25) is 0 Å². The van der Waals surface area contributed by atoms with Gasteiger partial charge in [-0.1, -0.05) is 29.8 Å². The molecule has 0 aliphatic heterocycles. The van der Waals surface area contributed by atoms with Gasteiger partial charge in [0.1, 0.15) is 11.3 Å². The largest absolute Gasteiger partial charge is 0.497 e. The molecular formula is C26H23NO5. The van der Waals surface area contributed by atoms with Crippen molar-refractivity contribution in [1.82, 2.24) is 0 Å². The smallest absolute Gasteiger partial charge is 0.262 e. The molecule has 6 nitrogen and oxygen atoms in total. The number of carbonyl (C=O) groups excluding carboxylic acids is 1. The van der Waals surface area contributed by atoms with Gasteiger partial charge in [-0.3, -0.25) is 9.59 Å². The summed E-state index contributed by atoms with van der Waals surface area (Å²) >= 11 is 0. The standard InChI is InChI=1S/C26H23NO5/c1-16-8-13-22-20(14-16)24(29)26(25(32-22)18-9-11-19(30-3)12-10-18)31-15-23(28)27-21-7-5-4-6-17(21)2/h4-14H,15H2,1-3H3,(H,27,28). The van der Waals surface area contributed by atoms with Crippen LogP contribution in [0.5, 0.6) is 11.5 Å². The maximum atomic E-state index is 13.3. The Kier molecular flexibility index (Phi) is 5.94. The normalized spacial score (nSPS) is 10.7. The number of hydrogen-bond donors (Lipinski definition) is 1. The van der Waals surface area contributed by atoms with Crippen LogP contribution in [0.3, 0.4) is 0 Å². The van der Waals surface area contributed by atoms with E-state index in [-0.39, 0.29) is 29.5 Å². The van der Waals surface area contributed by atoms with Crippen molar-refractivity contribution in [2.75, 3.05) is 19.0 Å². The van der Waals surface area contributed by atoms with Crippen LogP contribution in [0.25, 0.3) is 22.3 Å². The van der Waals surface area contributed by atoms with E-state index in [1.165, 1.54) is 0 Å². The van der Waals surface area contributed by atoms with Crippen LogP contribution in [0.4, 0.5) is 5.69 Å². The third kappa shape index (κ3) is 4.34. The number of anilines is 1. The Bertz CT molecular complexity index is 1340. The minimum absolute atomic E-state index is 0.00630. The number of hydrogen-bond acceptors (Lipinski definition) is 5. The lowest BCUT2D eigenvalue weighted by atomic mass is 10.1. The Morgan fingerprint density at radius 2 is 1.75 bits per heavy atom. The summed E-state index contributed by atoms with van der Waals surface area (Å²) in [5.74, 6) is 0.558. The third-order valence-corrected chi connectivity index (χ3v) is 5.12. The number of fused-ring (bicyclic) bond motifs is 1. The molecule has 4 rings (SSSR count). The average Bonchev–Trinajstić information content (AvgIpc) is 2.80. The van der Waals surface area contributed by atoms with E-state index in [0.717, 1.165) is 11.1 Å². The minimum atomic E-state index is -0.372. The number of nitrogens with one attached hydrogen (secondary N) is 1. The third-order valence-electron chi connectivity index (χ3n) is 5.12. The lowest BCUT2D eigenvalue weighted by molar-refractivity contribution is -0.118. The van der Waals surface area contributed by atoms with Gasteiger partial charge < -0.3 is 19.2 Å². The van der Waals surface area contributed by atoms with E-state index in [4.69, 9.17) is 13.9 Å². The topological polar surface area (TPSA) is 77.8 Å². The van der Waals surface area contributed by atoms with E-state index in [1.54, 1.807) is 43.5 Å². The molecule has 0 unspecified atom stereocenters. The highest BCUT2D eigenvalue weighted by atomic mass is 16.5. The van der Waals surface area contributed by atoms with Crippen LogP contribution in [0.1, 0.15) is 11.1 Å². The zero-order valence-corrected chi connectivity index (χ0v) is 18.1. The molecule has 0 fully saturated rings. The second-order valence-corrected chi connectivity index (χ2v) is 7.47. The minimum Gasteiger partial charge on any atom is -0.497 e. The monoisotopic (exact) mass is 429 g/mol. The van der Waals surface area contributed by atoms with Crippen molar-refractivity contribution in [3.05, 3.63) is 88.1 Å². The molecule has 0 bridgehead atoms. The first-order valence-electron chi connectivity index (χ1n) is 10.2. The van der Waals surface area contributed by atoms with Gasteiger partial charge in [-0.05, 0) is 61.9 Å². The molecule has 1 heterocycles. The van der Waals surface area contributed by atoms with Crippen LogP contribution in [-0.2, 0) is 4.79 Å². The number of rotatable bonds is 6. The highest BCUT2D eigenvalue weighted by Gasteiger charge is 2.19. The summed E-state index contributed by atoms with van der Waals surface area (Å²) in [5.41, 5.74) is 3.30. The molecule has 1 aromatic heterocycles. The number of amides is 1. The molecule has 0 saturated heterocycles. The quantitative estimate of drug-likeness (QED) is 0.461. The van der Waals surface area contributed by atoms with Gasteiger partial charge in [0.2, 0.25) is 11.2 Å². The lowest BCUT2D eigenvalue weighted by Gasteiger charge is -2.13. The fourth-order valence-corrected chi connectivity index (χ4v) is 3.39. The van der Waals surface area contributed by atoms with Gasteiger partial charge >= 0.3 is 0 Å². The van der Waals surface area contributed by atoms with Crippen molar-refractivity contribution in [2.24, 2.45) is 0 Å². The van der Waals surface area contributed by atoms with E-state index in [1.807, 2.05) is 44.2 Å². The average molecular weight is 429 g/mol. The Morgan fingerprint density at radius 1 is 1.00 bits per heavy atom. The SMILES string of the molecule is COc1ccc(-c2oc3ccc(C)cc3c(=O)c2OCC(=O)Nc2ccccc2C)cc1. The Morgan fingerprint density at radius 3 is 2.47 bits per heavy atom. The molecule has 0 atom stereocenters. The molecule has 4 aromatic rings. The lowest BCUT2D eigenvalue weighted by Crippen LogP contribution is -2.23. The van der Waals surface area contributed by atoms with Gasteiger partial charge in [-0.15, -0.1) is 0 Å². The summed E-state index contributed by atoms with van der Waals surface area (Å²) in [6.45, 7) is 3.46.